The first kappa shape index (κ1) is 37.4. The Balaban J connectivity index is 1.40. The number of carbonyl (C=O) groups is 5. The fourth-order valence-electron chi connectivity index (χ4n) is 6.47. The average molecular weight is 674 g/mol. The molecule has 1 saturated heterocycles. The fourth-order valence-corrected chi connectivity index (χ4v) is 6.47. The Morgan fingerprint density at radius 3 is 2.08 bits per heavy atom. The highest BCUT2D eigenvalue weighted by Gasteiger charge is 2.41. The lowest BCUT2D eigenvalue weighted by atomic mass is 9.89. The van der Waals surface area contributed by atoms with Crippen LogP contribution in [0.25, 0.3) is 0 Å². The number of ketones is 3. The van der Waals surface area contributed by atoms with E-state index in [9.17, 15) is 29.1 Å². The Hall–Kier alpha value is -4.38. The van der Waals surface area contributed by atoms with Crippen LogP contribution in [0.2, 0.25) is 0 Å². The van der Waals surface area contributed by atoms with Gasteiger partial charge in [0.2, 0.25) is 11.7 Å². The zero-order valence-electron chi connectivity index (χ0n) is 28.3. The number of guanidine groups is 1. The topological polar surface area (TPSA) is 185 Å². The summed E-state index contributed by atoms with van der Waals surface area (Å²) in [5, 5.41) is 13.4. The second kappa shape index (κ2) is 19.0. The predicted molar refractivity (Wildman–Crippen MR) is 187 cm³/mol. The minimum atomic E-state index is -0.860. The molecule has 0 bridgehead atoms. The van der Waals surface area contributed by atoms with E-state index < -0.39 is 35.7 Å². The van der Waals surface area contributed by atoms with Gasteiger partial charge in [-0.3, -0.25) is 29.0 Å². The first-order valence-electron chi connectivity index (χ1n) is 17.6. The normalized spacial score (nSPS) is 18.3. The molecule has 1 aliphatic heterocycles. The molecule has 11 heteroatoms. The molecule has 264 valence electrons. The third-order valence-corrected chi connectivity index (χ3v) is 9.47. The number of hydrogen-bond acceptors (Lipinski definition) is 7. The van der Waals surface area contributed by atoms with Gasteiger partial charge in [0.15, 0.2) is 11.7 Å². The van der Waals surface area contributed by atoms with Gasteiger partial charge in [-0.05, 0) is 68.9 Å². The molecule has 0 radical (unpaired) electrons. The maximum atomic E-state index is 14.1. The number of nitrogens with zero attached hydrogens (tertiary/aromatic N) is 2. The van der Waals surface area contributed by atoms with Crippen molar-refractivity contribution in [2.75, 3.05) is 13.1 Å². The van der Waals surface area contributed by atoms with Crippen molar-refractivity contribution in [2.45, 2.75) is 102 Å². The summed E-state index contributed by atoms with van der Waals surface area (Å²) in [7, 11) is 0. The number of β-amino-alcohol motifs (C(OH)–C–C–N with tert-alkyl or cyclic N) is 1. The van der Waals surface area contributed by atoms with E-state index in [4.69, 9.17) is 11.5 Å². The van der Waals surface area contributed by atoms with E-state index in [2.05, 4.69) is 10.3 Å². The number of Topliss-reactive ketones (excluding diaryl/α,β-unsaturated/α-hetero) is 3. The molecule has 11 nitrogen and oxygen atoms in total. The molecule has 2 fully saturated rings. The number of carbonyl (C=O) groups excluding carboxylic acids is 5. The summed E-state index contributed by atoms with van der Waals surface area (Å²) in [4.78, 5) is 71.8. The molecule has 1 saturated carbocycles. The quantitative estimate of drug-likeness (QED) is 0.0674. The Morgan fingerprint density at radius 1 is 0.816 bits per heavy atom. The molecule has 2 aromatic carbocycles. The van der Waals surface area contributed by atoms with Gasteiger partial charge < -0.3 is 26.8 Å². The molecule has 49 heavy (non-hydrogen) atoms. The largest absolute Gasteiger partial charge is 0.391 e. The van der Waals surface area contributed by atoms with Gasteiger partial charge in [0.25, 0.3) is 5.91 Å². The van der Waals surface area contributed by atoms with Crippen molar-refractivity contribution in [3.05, 3.63) is 71.8 Å². The second-order valence-electron chi connectivity index (χ2n) is 13.4. The third kappa shape index (κ3) is 12.5. The van der Waals surface area contributed by atoms with Gasteiger partial charge in [-0.2, -0.15) is 0 Å². The zero-order valence-corrected chi connectivity index (χ0v) is 28.3. The number of amides is 2. The first-order chi connectivity index (χ1) is 23.6. The Morgan fingerprint density at radius 2 is 1.45 bits per heavy atom. The monoisotopic (exact) mass is 673 g/mol. The van der Waals surface area contributed by atoms with Crippen LogP contribution in [0.3, 0.4) is 0 Å². The zero-order chi connectivity index (χ0) is 35.2. The standard InChI is InChI=1S/C38H51N5O6/c39-38(40)41-23-7-12-28(35(47)36(48)42-30-18-19-30)17-22-34(46)33-24-32(45)25-43(33)37(49)29(15-13-26-8-3-1-4-9-26)16-21-31(44)20-14-27-10-5-2-6-11-27/h1-6,8-11,28-30,32-33,45H,7,12-25H2,(H,42,48)(H4,39,40,41)/t28-,29-,32-,33+/m1/s1. The number of rotatable bonds is 21. The highest BCUT2D eigenvalue weighted by Crippen LogP contribution is 2.28. The third-order valence-electron chi connectivity index (χ3n) is 9.47. The van der Waals surface area contributed by atoms with Crippen molar-refractivity contribution in [1.82, 2.24) is 10.2 Å². The lowest BCUT2D eigenvalue weighted by Crippen LogP contribution is -2.44. The average Bonchev–Trinajstić information content (AvgIpc) is 3.83. The molecule has 4 rings (SSSR count). The highest BCUT2D eigenvalue weighted by atomic mass is 16.3. The number of aliphatic hydroxyl groups excluding tert-OH is 1. The van der Waals surface area contributed by atoms with Gasteiger partial charge in [-0.1, -0.05) is 60.7 Å². The van der Waals surface area contributed by atoms with Crippen LogP contribution in [-0.4, -0.2) is 76.4 Å². The van der Waals surface area contributed by atoms with Crippen molar-refractivity contribution < 1.29 is 29.1 Å². The number of nitrogens with two attached hydrogens (primary N) is 2. The SMILES string of the molecule is NC(N)=NCCC[C@H](CCC(=O)[C@@H]1C[C@@H](O)CN1C(=O)[C@@H](CCC(=O)CCc1ccccc1)CCc1ccccc1)C(=O)C(=O)NC1CC1. The smallest absolute Gasteiger partial charge is 0.287 e. The lowest BCUT2D eigenvalue weighted by Gasteiger charge is -2.28. The molecule has 2 amide bonds. The van der Waals surface area contributed by atoms with Crippen molar-refractivity contribution in [3.63, 3.8) is 0 Å². The van der Waals surface area contributed by atoms with Crippen molar-refractivity contribution in [3.8, 4) is 0 Å². The molecule has 6 N–H and O–H groups in total. The number of aliphatic imine (C=N–C) groups is 1. The summed E-state index contributed by atoms with van der Waals surface area (Å²) < 4.78 is 0. The van der Waals surface area contributed by atoms with Crippen LogP contribution >= 0.6 is 0 Å². The molecule has 2 aliphatic rings. The molecular weight excluding hydrogens is 622 g/mol. The van der Waals surface area contributed by atoms with E-state index in [-0.39, 0.29) is 61.7 Å². The molecule has 1 heterocycles. The minimum Gasteiger partial charge on any atom is -0.391 e. The van der Waals surface area contributed by atoms with E-state index in [1.54, 1.807) is 0 Å². The summed E-state index contributed by atoms with van der Waals surface area (Å²) in [6, 6.07) is 18.8. The van der Waals surface area contributed by atoms with Gasteiger partial charge in [0.1, 0.15) is 5.78 Å². The maximum absolute atomic E-state index is 14.1. The Kier molecular flexibility index (Phi) is 14.5. The summed E-state index contributed by atoms with van der Waals surface area (Å²) >= 11 is 0. The Bertz CT molecular complexity index is 1440. The van der Waals surface area contributed by atoms with Crippen LogP contribution in [0.5, 0.6) is 0 Å². The van der Waals surface area contributed by atoms with E-state index in [0.29, 0.717) is 51.5 Å². The van der Waals surface area contributed by atoms with E-state index >= 15 is 0 Å². The minimum absolute atomic E-state index is 0.0221. The maximum Gasteiger partial charge on any atom is 0.287 e. The van der Waals surface area contributed by atoms with Crippen LogP contribution in [0, 0.1) is 11.8 Å². The summed E-state index contributed by atoms with van der Waals surface area (Å²) in [6.07, 6.45) is 4.60. The van der Waals surface area contributed by atoms with Gasteiger partial charge in [-0.15, -0.1) is 0 Å². The van der Waals surface area contributed by atoms with Crippen LogP contribution in [0.15, 0.2) is 65.7 Å². The molecule has 1 aliphatic carbocycles. The number of aliphatic hydroxyl groups is 1. The number of hydrogen-bond donors (Lipinski definition) is 4. The van der Waals surface area contributed by atoms with Crippen molar-refractivity contribution in [1.29, 1.82) is 0 Å². The predicted octanol–water partition coefficient (Wildman–Crippen LogP) is 3.05. The van der Waals surface area contributed by atoms with Gasteiger partial charge in [-0.25, -0.2) is 0 Å². The molecule has 0 aromatic heterocycles. The lowest BCUT2D eigenvalue weighted by molar-refractivity contribution is -0.142. The summed E-state index contributed by atoms with van der Waals surface area (Å²) in [5.41, 5.74) is 13.0. The molecule has 4 atom stereocenters. The molecule has 0 spiro atoms. The first-order valence-corrected chi connectivity index (χ1v) is 17.6. The summed E-state index contributed by atoms with van der Waals surface area (Å²) in [5.74, 6) is -2.89. The van der Waals surface area contributed by atoms with Crippen LogP contribution < -0.4 is 16.8 Å². The van der Waals surface area contributed by atoms with Crippen LogP contribution in [0.1, 0.15) is 81.8 Å². The van der Waals surface area contributed by atoms with E-state index in [0.717, 1.165) is 24.0 Å². The van der Waals surface area contributed by atoms with Crippen molar-refractivity contribution >= 4 is 35.1 Å². The summed E-state index contributed by atoms with van der Waals surface area (Å²) in [6.45, 7) is 0.324. The van der Waals surface area contributed by atoms with E-state index in [1.165, 1.54) is 4.90 Å². The van der Waals surface area contributed by atoms with Crippen LogP contribution in [0.4, 0.5) is 0 Å². The van der Waals surface area contributed by atoms with Gasteiger partial charge >= 0.3 is 0 Å². The number of nitrogens with one attached hydrogen (secondary N) is 1. The number of benzene rings is 2. The highest BCUT2D eigenvalue weighted by molar-refractivity contribution is 6.37. The van der Waals surface area contributed by atoms with Crippen LogP contribution in [-0.2, 0) is 36.8 Å². The molecule has 0 unspecified atom stereocenters. The van der Waals surface area contributed by atoms with Gasteiger partial charge in [0.05, 0.1) is 12.1 Å². The molecule has 2 aromatic rings. The van der Waals surface area contributed by atoms with E-state index in [1.807, 2.05) is 60.7 Å². The number of likely N-dealkylation sites (tertiary alicyclic amines) is 1. The second-order valence-corrected chi connectivity index (χ2v) is 13.4. The molecular formula is C38H51N5O6. The fraction of sp³-hybridized carbons (Fsp3) is 0.526. The Labute approximate surface area is 288 Å². The number of aryl methyl sites for hydroxylation is 2. The van der Waals surface area contributed by atoms with Crippen molar-refractivity contribution in [2.24, 2.45) is 28.3 Å². The van der Waals surface area contributed by atoms with Gasteiger partial charge in [0, 0.05) is 56.7 Å².